The summed E-state index contributed by atoms with van der Waals surface area (Å²) in [4.78, 5) is 25.2. The van der Waals surface area contributed by atoms with Gasteiger partial charge < -0.3 is 24.8 Å². The molecule has 0 aliphatic carbocycles. The normalized spacial score (nSPS) is 20.3. The highest BCUT2D eigenvalue weighted by molar-refractivity contribution is 6.58. The second kappa shape index (κ2) is 7.19. The number of amides is 1. The highest BCUT2D eigenvalue weighted by atomic mass is 16.5. The highest BCUT2D eigenvalue weighted by Gasteiger charge is 2.53. The smallest absolute Gasteiger partial charge is 0.480 e. The molecule has 2 unspecified atom stereocenters. The van der Waals surface area contributed by atoms with Gasteiger partial charge in [0.2, 0.25) is 6.10 Å². The molecule has 1 aliphatic rings. The van der Waals surface area contributed by atoms with Crippen molar-refractivity contribution < 1.29 is 29.5 Å². The molecule has 0 spiro atoms. The molecule has 0 bridgehead atoms. The summed E-state index contributed by atoms with van der Waals surface area (Å²) >= 11 is 0. The molecule has 3 rings (SSSR count). The molecule has 1 heterocycles. The maximum Gasteiger partial charge on any atom is 0.488 e. The van der Waals surface area contributed by atoms with E-state index in [1.54, 1.807) is 36.4 Å². The van der Waals surface area contributed by atoms with E-state index < -0.39 is 37.2 Å². The Balaban J connectivity index is 1.90. The quantitative estimate of drug-likeness (QED) is 0.504. The molecule has 26 heavy (non-hydrogen) atoms. The Labute approximate surface area is 150 Å². The van der Waals surface area contributed by atoms with Crippen LogP contribution in [0.2, 0.25) is 0 Å². The predicted octanol–water partition coefficient (Wildman–Crippen LogP) is 0.170. The summed E-state index contributed by atoms with van der Waals surface area (Å²) in [7, 11) is -1.60. The zero-order valence-electron chi connectivity index (χ0n) is 14.0. The van der Waals surface area contributed by atoms with E-state index in [-0.39, 0.29) is 0 Å². The number of carbonyl (C=O) groups excluding carboxylic acids is 1. The van der Waals surface area contributed by atoms with E-state index in [1.807, 2.05) is 6.07 Å². The summed E-state index contributed by atoms with van der Waals surface area (Å²) in [5, 5.41) is 27.7. The third-order valence-electron chi connectivity index (χ3n) is 4.44. The average Bonchev–Trinajstić information content (AvgIpc) is 2.64. The molecule has 1 saturated heterocycles. The number of carboxylic acids is 1. The van der Waals surface area contributed by atoms with Crippen molar-refractivity contribution >= 4 is 24.5 Å². The highest BCUT2D eigenvalue weighted by Crippen LogP contribution is 2.39. The van der Waals surface area contributed by atoms with Crippen molar-refractivity contribution in [1.29, 1.82) is 0 Å². The number of β-lactam (4-membered cyclic amide) rings is 1. The Morgan fingerprint density at radius 1 is 1.12 bits per heavy atom. The first-order valence-electron chi connectivity index (χ1n) is 8.13. The van der Waals surface area contributed by atoms with Crippen LogP contribution in [0.25, 0.3) is 0 Å². The number of hydrogen-bond donors (Lipinski definition) is 3. The molecule has 3 N–H and O–H groups in total. The molecule has 8 heteroatoms. The van der Waals surface area contributed by atoms with Crippen LogP contribution in [0.15, 0.2) is 54.6 Å². The number of carbonyl (C=O) groups is 2. The van der Waals surface area contributed by atoms with Crippen molar-refractivity contribution in [3.8, 4) is 5.75 Å². The lowest BCUT2D eigenvalue weighted by molar-refractivity contribution is -0.175. The van der Waals surface area contributed by atoms with Crippen LogP contribution in [0.4, 0.5) is 0 Å². The van der Waals surface area contributed by atoms with E-state index in [1.165, 1.54) is 24.0 Å². The van der Waals surface area contributed by atoms with Crippen molar-refractivity contribution in [2.75, 3.05) is 0 Å². The van der Waals surface area contributed by atoms with Crippen molar-refractivity contribution in [2.45, 2.75) is 25.1 Å². The van der Waals surface area contributed by atoms with E-state index in [0.717, 1.165) is 0 Å². The SMILES string of the molecule is C[C@@H](C(=O)O)N1C(=O)C(Oc2ccccc2)C1c1ccc(B(O)O)cc1. The van der Waals surface area contributed by atoms with Gasteiger partial charge in [0.15, 0.2) is 0 Å². The zero-order chi connectivity index (χ0) is 18.8. The number of likely N-dealkylation sites (tertiary alicyclic amines) is 1. The molecule has 1 amide bonds. The van der Waals surface area contributed by atoms with E-state index in [0.29, 0.717) is 16.8 Å². The summed E-state index contributed by atoms with van der Waals surface area (Å²) in [6, 6.07) is 13.5. The Kier molecular flexibility index (Phi) is 4.97. The van der Waals surface area contributed by atoms with Crippen molar-refractivity contribution in [1.82, 2.24) is 4.90 Å². The molecule has 1 fully saturated rings. The lowest BCUT2D eigenvalue weighted by Gasteiger charge is -2.48. The van der Waals surface area contributed by atoms with Crippen LogP contribution >= 0.6 is 0 Å². The number of nitrogens with zero attached hydrogens (tertiary/aromatic N) is 1. The van der Waals surface area contributed by atoms with Crippen LogP contribution in [0.3, 0.4) is 0 Å². The fourth-order valence-electron chi connectivity index (χ4n) is 2.99. The zero-order valence-corrected chi connectivity index (χ0v) is 14.0. The first kappa shape index (κ1) is 18.0. The van der Waals surface area contributed by atoms with Crippen LogP contribution in [0.1, 0.15) is 18.5 Å². The number of rotatable bonds is 6. The van der Waals surface area contributed by atoms with Crippen molar-refractivity contribution in [2.24, 2.45) is 0 Å². The number of benzene rings is 2. The molecule has 7 nitrogen and oxygen atoms in total. The van der Waals surface area contributed by atoms with Crippen molar-refractivity contribution in [3.05, 3.63) is 60.2 Å². The van der Waals surface area contributed by atoms with Gasteiger partial charge in [-0.1, -0.05) is 42.5 Å². The predicted molar refractivity (Wildman–Crippen MR) is 93.8 cm³/mol. The van der Waals surface area contributed by atoms with Crippen LogP contribution in [0, 0.1) is 0 Å². The van der Waals surface area contributed by atoms with Gasteiger partial charge in [-0.3, -0.25) is 4.79 Å². The minimum atomic E-state index is -1.60. The topological polar surface area (TPSA) is 107 Å². The summed E-state index contributed by atoms with van der Waals surface area (Å²) in [5.41, 5.74) is 0.959. The lowest BCUT2D eigenvalue weighted by Crippen LogP contribution is -2.65. The monoisotopic (exact) mass is 355 g/mol. The molecule has 2 aromatic carbocycles. The first-order valence-corrected chi connectivity index (χ1v) is 8.13. The number of carboxylic acid groups (broad SMARTS) is 1. The fraction of sp³-hybridized carbons (Fsp3) is 0.222. The molecule has 3 atom stereocenters. The van der Waals surface area contributed by atoms with Gasteiger partial charge in [0.25, 0.3) is 5.91 Å². The molecule has 2 aromatic rings. The van der Waals surface area contributed by atoms with Gasteiger partial charge in [0.05, 0.1) is 0 Å². The second-order valence-corrected chi connectivity index (χ2v) is 6.10. The Morgan fingerprint density at radius 3 is 2.27 bits per heavy atom. The molecule has 1 aliphatic heterocycles. The maximum atomic E-state index is 12.5. The minimum Gasteiger partial charge on any atom is -0.480 e. The van der Waals surface area contributed by atoms with E-state index in [4.69, 9.17) is 4.74 Å². The van der Waals surface area contributed by atoms with Gasteiger partial charge in [-0.15, -0.1) is 0 Å². The largest absolute Gasteiger partial charge is 0.488 e. The molecule has 0 saturated carbocycles. The minimum absolute atomic E-state index is 0.303. The van der Waals surface area contributed by atoms with E-state index in [2.05, 4.69) is 0 Å². The van der Waals surface area contributed by atoms with Gasteiger partial charge in [-0.2, -0.15) is 0 Å². The molecular weight excluding hydrogens is 337 g/mol. The van der Waals surface area contributed by atoms with Crippen LogP contribution < -0.4 is 10.2 Å². The Bertz CT molecular complexity index is 795. The van der Waals surface area contributed by atoms with Gasteiger partial charge >= 0.3 is 13.1 Å². The molecule has 0 radical (unpaired) electrons. The average molecular weight is 355 g/mol. The summed E-state index contributed by atoms with van der Waals surface area (Å²) in [6.45, 7) is 1.44. The van der Waals surface area contributed by atoms with Gasteiger partial charge in [0, 0.05) is 0 Å². The Hall–Kier alpha value is -2.84. The number of ether oxygens (including phenoxy) is 1. The summed E-state index contributed by atoms with van der Waals surface area (Å²) in [6.07, 6.45) is -0.843. The number of para-hydroxylation sites is 1. The van der Waals surface area contributed by atoms with Gasteiger partial charge in [-0.05, 0) is 30.1 Å². The summed E-state index contributed by atoms with van der Waals surface area (Å²) in [5.74, 6) is -0.996. The third-order valence-corrected chi connectivity index (χ3v) is 4.44. The van der Waals surface area contributed by atoms with Gasteiger partial charge in [-0.25, -0.2) is 4.79 Å². The standard InChI is InChI=1S/C18H18BNO6/c1-11(18(22)23)20-15(12-7-9-13(10-8-12)19(24)25)16(17(20)21)26-14-5-3-2-4-6-14/h2-11,15-16,24-25H,1H3,(H,22,23)/t11-,15?,16?/m0/s1. The van der Waals surface area contributed by atoms with Crippen LogP contribution in [0.5, 0.6) is 5.75 Å². The van der Waals surface area contributed by atoms with E-state index >= 15 is 0 Å². The lowest BCUT2D eigenvalue weighted by atomic mass is 9.78. The summed E-state index contributed by atoms with van der Waals surface area (Å²) < 4.78 is 5.78. The maximum absolute atomic E-state index is 12.5. The molecular formula is C18H18BNO6. The third kappa shape index (κ3) is 3.29. The van der Waals surface area contributed by atoms with Crippen LogP contribution in [-0.4, -0.2) is 51.2 Å². The van der Waals surface area contributed by atoms with E-state index in [9.17, 15) is 24.7 Å². The molecule has 134 valence electrons. The first-order chi connectivity index (χ1) is 12.4. The fourth-order valence-corrected chi connectivity index (χ4v) is 2.99. The van der Waals surface area contributed by atoms with Crippen molar-refractivity contribution in [3.63, 3.8) is 0 Å². The number of aliphatic carboxylic acids is 1. The second-order valence-electron chi connectivity index (χ2n) is 6.10. The Morgan fingerprint density at radius 2 is 1.73 bits per heavy atom. The van der Waals surface area contributed by atoms with Gasteiger partial charge in [0.1, 0.15) is 17.8 Å². The number of hydrogen-bond acceptors (Lipinski definition) is 5. The molecule has 0 aromatic heterocycles. The van der Waals surface area contributed by atoms with Crippen LogP contribution in [-0.2, 0) is 9.59 Å².